The Labute approximate surface area is 147 Å². The van der Waals surface area contributed by atoms with Gasteiger partial charge in [0.05, 0.1) is 0 Å². The summed E-state index contributed by atoms with van der Waals surface area (Å²) < 4.78 is 2.15. The van der Waals surface area contributed by atoms with Crippen molar-refractivity contribution in [1.82, 2.24) is 19.7 Å². The maximum absolute atomic E-state index is 12.5. The Morgan fingerprint density at radius 3 is 2.68 bits per heavy atom. The van der Waals surface area contributed by atoms with Crippen LogP contribution < -0.4 is 5.32 Å². The molecule has 2 aliphatic heterocycles. The van der Waals surface area contributed by atoms with Gasteiger partial charge in [-0.1, -0.05) is 18.2 Å². The van der Waals surface area contributed by atoms with Gasteiger partial charge in [0.25, 0.3) is 0 Å². The van der Waals surface area contributed by atoms with E-state index < -0.39 is 0 Å². The molecule has 4 rings (SSSR count). The fourth-order valence-electron chi connectivity index (χ4n) is 3.97. The van der Waals surface area contributed by atoms with E-state index in [0.29, 0.717) is 13.0 Å². The predicted molar refractivity (Wildman–Crippen MR) is 96.3 cm³/mol. The highest BCUT2D eigenvalue weighted by molar-refractivity contribution is 5.81. The Balaban J connectivity index is 1.30. The molecule has 6 heteroatoms. The van der Waals surface area contributed by atoms with Crippen molar-refractivity contribution in [2.75, 3.05) is 26.2 Å². The van der Waals surface area contributed by atoms with Crippen LogP contribution in [-0.4, -0.2) is 58.5 Å². The number of likely N-dealkylation sites (tertiary alicyclic amines) is 1. The van der Waals surface area contributed by atoms with E-state index in [1.807, 2.05) is 21.9 Å². The van der Waals surface area contributed by atoms with Gasteiger partial charge in [-0.3, -0.25) is 4.79 Å². The SMILES string of the molecule is O=C(CCn1ccc2ccccc21)N1CCC(N2CCNC2=O)CC1. The number of piperidine rings is 1. The molecule has 0 bridgehead atoms. The van der Waals surface area contributed by atoms with Gasteiger partial charge in [0.15, 0.2) is 0 Å². The Morgan fingerprint density at radius 1 is 1.12 bits per heavy atom. The quantitative estimate of drug-likeness (QED) is 0.926. The lowest BCUT2D eigenvalue weighted by molar-refractivity contribution is -0.132. The smallest absolute Gasteiger partial charge is 0.317 e. The molecule has 3 amide bonds. The molecule has 2 aliphatic rings. The van der Waals surface area contributed by atoms with E-state index in [9.17, 15) is 9.59 Å². The zero-order valence-electron chi connectivity index (χ0n) is 14.4. The summed E-state index contributed by atoms with van der Waals surface area (Å²) in [5.41, 5.74) is 1.18. The van der Waals surface area contributed by atoms with Crippen molar-refractivity contribution in [2.45, 2.75) is 31.8 Å². The van der Waals surface area contributed by atoms with Crippen LogP contribution in [0, 0.1) is 0 Å². The minimum absolute atomic E-state index is 0.0456. The fraction of sp³-hybridized carbons (Fsp3) is 0.474. The summed E-state index contributed by atoms with van der Waals surface area (Å²) in [5, 5.41) is 4.06. The second-order valence-corrected chi connectivity index (χ2v) is 6.86. The lowest BCUT2D eigenvalue weighted by Gasteiger charge is -2.36. The number of urea groups is 1. The zero-order chi connectivity index (χ0) is 17.2. The molecule has 2 aromatic rings. The van der Waals surface area contributed by atoms with Gasteiger partial charge in [0.2, 0.25) is 5.91 Å². The number of hydrogen-bond acceptors (Lipinski definition) is 2. The summed E-state index contributed by atoms with van der Waals surface area (Å²) in [4.78, 5) is 28.2. The maximum Gasteiger partial charge on any atom is 0.317 e. The van der Waals surface area contributed by atoms with Gasteiger partial charge in [-0.2, -0.15) is 0 Å². The number of benzene rings is 1. The Kier molecular flexibility index (Phi) is 4.34. The molecule has 2 saturated heterocycles. The summed E-state index contributed by atoms with van der Waals surface area (Å²) >= 11 is 0. The standard InChI is InChI=1S/C19H24N4O2/c24-18(8-13-21-10-5-15-3-1-2-4-17(15)21)22-11-6-16(7-12-22)23-14-9-20-19(23)25/h1-5,10,16H,6-9,11-14H2,(H,20,25). The Bertz CT molecular complexity index is 777. The highest BCUT2D eigenvalue weighted by Crippen LogP contribution is 2.20. The van der Waals surface area contributed by atoms with Gasteiger partial charge in [-0.25, -0.2) is 4.79 Å². The van der Waals surface area contributed by atoms with Crippen LogP contribution in [0.1, 0.15) is 19.3 Å². The van der Waals surface area contributed by atoms with Crippen molar-refractivity contribution in [3.8, 4) is 0 Å². The third kappa shape index (κ3) is 3.21. The van der Waals surface area contributed by atoms with Gasteiger partial charge in [-0.15, -0.1) is 0 Å². The first-order valence-electron chi connectivity index (χ1n) is 9.08. The number of carbonyl (C=O) groups excluding carboxylic acids is 2. The molecule has 6 nitrogen and oxygen atoms in total. The largest absolute Gasteiger partial charge is 0.347 e. The monoisotopic (exact) mass is 340 g/mol. The van der Waals surface area contributed by atoms with E-state index in [2.05, 4.69) is 34.3 Å². The van der Waals surface area contributed by atoms with Crippen molar-refractivity contribution in [3.05, 3.63) is 36.5 Å². The van der Waals surface area contributed by atoms with Crippen molar-refractivity contribution in [3.63, 3.8) is 0 Å². The molecule has 2 fully saturated rings. The molecule has 0 unspecified atom stereocenters. The number of aromatic nitrogens is 1. The molecule has 132 valence electrons. The van der Waals surface area contributed by atoms with Crippen LogP contribution >= 0.6 is 0 Å². The molecule has 1 aromatic carbocycles. The van der Waals surface area contributed by atoms with Crippen molar-refractivity contribution in [2.24, 2.45) is 0 Å². The van der Waals surface area contributed by atoms with Crippen LogP contribution in [-0.2, 0) is 11.3 Å². The van der Waals surface area contributed by atoms with Gasteiger partial charge >= 0.3 is 6.03 Å². The maximum atomic E-state index is 12.5. The van der Waals surface area contributed by atoms with Crippen LogP contribution in [0.15, 0.2) is 36.5 Å². The highest BCUT2D eigenvalue weighted by atomic mass is 16.2. The third-order valence-corrected chi connectivity index (χ3v) is 5.39. The molecular weight excluding hydrogens is 316 g/mol. The average Bonchev–Trinajstić information content (AvgIpc) is 3.26. The molecule has 0 spiro atoms. The van der Waals surface area contributed by atoms with Gasteiger partial charge in [0, 0.05) is 56.9 Å². The Morgan fingerprint density at radius 2 is 1.92 bits per heavy atom. The molecule has 1 aromatic heterocycles. The minimum Gasteiger partial charge on any atom is -0.347 e. The molecule has 0 radical (unpaired) electrons. The molecule has 1 N–H and O–H groups in total. The molecular formula is C19H24N4O2. The van der Waals surface area contributed by atoms with E-state index in [1.54, 1.807) is 0 Å². The zero-order valence-corrected chi connectivity index (χ0v) is 14.4. The molecule has 25 heavy (non-hydrogen) atoms. The summed E-state index contributed by atoms with van der Waals surface area (Å²) in [6, 6.07) is 10.7. The van der Waals surface area contributed by atoms with E-state index in [0.717, 1.165) is 39.0 Å². The molecule has 3 heterocycles. The number of amides is 3. The third-order valence-electron chi connectivity index (χ3n) is 5.39. The summed E-state index contributed by atoms with van der Waals surface area (Å²) in [7, 11) is 0. The molecule has 0 saturated carbocycles. The van der Waals surface area contributed by atoms with E-state index >= 15 is 0 Å². The number of aryl methyl sites for hydroxylation is 1. The van der Waals surface area contributed by atoms with Gasteiger partial charge in [-0.05, 0) is 30.4 Å². The van der Waals surface area contributed by atoms with E-state index in [1.165, 1.54) is 10.9 Å². The van der Waals surface area contributed by atoms with Crippen LogP contribution in [0.4, 0.5) is 4.79 Å². The van der Waals surface area contributed by atoms with Gasteiger partial charge in [0.1, 0.15) is 0 Å². The van der Waals surface area contributed by atoms with Crippen molar-refractivity contribution in [1.29, 1.82) is 0 Å². The molecule has 0 aliphatic carbocycles. The minimum atomic E-state index is 0.0456. The van der Waals surface area contributed by atoms with Crippen LogP contribution in [0.25, 0.3) is 10.9 Å². The predicted octanol–water partition coefficient (Wildman–Crippen LogP) is 2.05. The number of carbonyl (C=O) groups is 2. The normalized spacial score (nSPS) is 18.8. The van der Waals surface area contributed by atoms with Crippen LogP contribution in [0.5, 0.6) is 0 Å². The lowest BCUT2D eigenvalue weighted by Crippen LogP contribution is -2.47. The number of nitrogens with one attached hydrogen (secondary N) is 1. The number of hydrogen-bond donors (Lipinski definition) is 1. The lowest BCUT2D eigenvalue weighted by atomic mass is 10.0. The first-order valence-corrected chi connectivity index (χ1v) is 9.08. The number of fused-ring (bicyclic) bond motifs is 1. The highest BCUT2D eigenvalue weighted by Gasteiger charge is 2.31. The number of rotatable bonds is 4. The molecule has 0 atom stereocenters. The van der Waals surface area contributed by atoms with Crippen LogP contribution in [0.3, 0.4) is 0 Å². The van der Waals surface area contributed by atoms with Crippen molar-refractivity contribution < 1.29 is 9.59 Å². The Hall–Kier alpha value is -2.50. The van der Waals surface area contributed by atoms with Crippen LogP contribution in [0.2, 0.25) is 0 Å². The summed E-state index contributed by atoms with van der Waals surface area (Å²) in [6.07, 6.45) is 4.33. The second kappa shape index (κ2) is 6.78. The average molecular weight is 340 g/mol. The number of para-hydroxylation sites is 1. The second-order valence-electron chi connectivity index (χ2n) is 6.86. The van der Waals surface area contributed by atoms with Crippen molar-refractivity contribution >= 4 is 22.8 Å². The van der Waals surface area contributed by atoms with E-state index in [-0.39, 0.29) is 18.0 Å². The van der Waals surface area contributed by atoms with E-state index in [4.69, 9.17) is 0 Å². The number of nitrogens with zero attached hydrogens (tertiary/aromatic N) is 3. The fourth-order valence-corrected chi connectivity index (χ4v) is 3.97. The first-order chi connectivity index (χ1) is 12.2. The van der Waals surface area contributed by atoms with Gasteiger partial charge < -0.3 is 19.7 Å². The summed E-state index contributed by atoms with van der Waals surface area (Å²) in [6.45, 7) is 3.74. The summed E-state index contributed by atoms with van der Waals surface area (Å²) in [5.74, 6) is 0.210. The first kappa shape index (κ1) is 16.0. The topological polar surface area (TPSA) is 57.6 Å².